The lowest BCUT2D eigenvalue weighted by Gasteiger charge is -2.22. The fourth-order valence-electron chi connectivity index (χ4n) is 2.95. The van der Waals surface area contributed by atoms with Gasteiger partial charge in [0.1, 0.15) is 5.75 Å². The summed E-state index contributed by atoms with van der Waals surface area (Å²) in [4.78, 5) is 32.7. The molecule has 0 unspecified atom stereocenters. The molecule has 0 aliphatic carbocycles. The largest absolute Gasteiger partial charge is 0.496 e. The van der Waals surface area contributed by atoms with Crippen molar-refractivity contribution < 1.29 is 14.3 Å². The molecule has 0 radical (unpaired) electrons. The van der Waals surface area contributed by atoms with Crippen LogP contribution < -0.4 is 10.5 Å². The number of thiazole rings is 1. The molecular formula is C18H22N4O3S2. The first-order valence-corrected chi connectivity index (χ1v) is 10.2. The third kappa shape index (κ3) is 4.54. The van der Waals surface area contributed by atoms with Crippen LogP contribution in [0, 0.1) is 6.92 Å². The highest BCUT2D eigenvalue weighted by molar-refractivity contribution is 8.01. The summed E-state index contributed by atoms with van der Waals surface area (Å²) in [7, 11) is 1.57. The Labute approximate surface area is 166 Å². The van der Waals surface area contributed by atoms with E-state index < -0.39 is 0 Å². The van der Waals surface area contributed by atoms with Crippen molar-refractivity contribution in [3.05, 3.63) is 29.5 Å². The number of carbonyl (C=O) groups excluding carboxylic acids is 2. The summed E-state index contributed by atoms with van der Waals surface area (Å²) in [6.07, 6.45) is 3.34. The molecule has 1 aliphatic rings. The summed E-state index contributed by atoms with van der Waals surface area (Å²) in [5.41, 5.74) is 7.26. The Bertz CT molecular complexity index is 840. The second kappa shape index (κ2) is 8.62. The van der Waals surface area contributed by atoms with Gasteiger partial charge in [0.2, 0.25) is 6.41 Å². The molecule has 2 aromatic rings. The molecule has 1 aromatic carbocycles. The summed E-state index contributed by atoms with van der Waals surface area (Å²) in [6, 6.07) is 3.76. The van der Waals surface area contributed by atoms with Gasteiger partial charge in [-0.2, -0.15) is 0 Å². The maximum absolute atomic E-state index is 13.1. The molecule has 27 heavy (non-hydrogen) atoms. The third-order valence-corrected chi connectivity index (χ3v) is 6.49. The average molecular weight is 407 g/mol. The highest BCUT2D eigenvalue weighted by atomic mass is 32.2. The van der Waals surface area contributed by atoms with E-state index in [1.54, 1.807) is 23.1 Å². The van der Waals surface area contributed by atoms with Crippen molar-refractivity contribution in [1.82, 2.24) is 14.8 Å². The second-order valence-electron chi connectivity index (χ2n) is 6.22. The van der Waals surface area contributed by atoms with Crippen molar-refractivity contribution in [2.24, 2.45) is 0 Å². The molecule has 0 saturated carbocycles. The molecule has 1 aliphatic heterocycles. The molecule has 1 aromatic heterocycles. The van der Waals surface area contributed by atoms with Crippen molar-refractivity contribution in [3.63, 3.8) is 0 Å². The van der Waals surface area contributed by atoms with Gasteiger partial charge in [-0.05, 0) is 31.0 Å². The molecule has 0 bridgehead atoms. The number of benzene rings is 1. The molecule has 144 valence electrons. The van der Waals surface area contributed by atoms with E-state index in [0.29, 0.717) is 42.6 Å². The molecule has 3 rings (SSSR count). The van der Waals surface area contributed by atoms with Crippen molar-refractivity contribution >= 4 is 40.5 Å². The van der Waals surface area contributed by atoms with Crippen LogP contribution in [0.4, 0.5) is 5.13 Å². The predicted octanol–water partition coefficient (Wildman–Crippen LogP) is 2.50. The fourth-order valence-corrected chi connectivity index (χ4v) is 4.78. The Balaban J connectivity index is 1.87. The van der Waals surface area contributed by atoms with Gasteiger partial charge in [-0.1, -0.05) is 23.1 Å². The smallest absolute Gasteiger partial charge is 0.257 e. The summed E-state index contributed by atoms with van der Waals surface area (Å²) >= 11 is 2.95. The Hall–Kier alpha value is -2.26. The van der Waals surface area contributed by atoms with Gasteiger partial charge in [-0.3, -0.25) is 9.59 Å². The first kappa shape index (κ1) is 19.5. The molecule has 2 amide bonds. The minimum Gasteiger partial charge on any atom is -0.496 e. The zero-order valence-electron chi connectivity index (χ0n) is 15.3. The van der Waals surface area contributed by atoms with Crippen LogP contribution in [0.1, 0.15) is 22.3 Å². The molecular weight excluding hydrogens is 384 g/mol. The zero-order valence-corrected chi connectivity index (χ0v) is 16.9. The van der Waals surface area contributed by atoms with Crippen molar-refractivity contribution in [2.75, 3.05) is 39.0 Å². The lowest BCUT2D eigenvalue weighted by atomic mass is 10.1. The molecule has 7 nitrogen and oxygen atoms in total. The van der Waals surface area contributed by atoms with Gasteiger partial charge in [0.05, 0.1) is 23.1 Å². The van der Waals surface area contributed by atoms with E-state index >= 15 is 0 Å². The number of nitrogens with two attached hydrogens (primary N) is 1. The van der Waals surface area contributed by atoms with E-state index in [0.717, 1.165) is 27.5 Å². The molecule has 9 heteroatoms. The standard InChI is InChI=1S/C18H22N4O3S2/c1-12-8-14(25-2)13(9-15(12)26-16-10-20-18(19)27-16)17(24)22-5-3-4-21(11-23)6-7-22/h8-11H,3-7H2,1-2H3,(H2,19,20). The number of aromatic nitrogens is 1. The second-order valence-corrected chi connectivity index (χ2v) is 8.63. The molecule has 2 heterocycles. The molecule has 2 N–H and O–H groups in total. The van der Waals surface area contributed by atoms with Crippen LogP contribution in [-0.4, -0.2) is 60.4 Å². The Morgan fingerprint density at radius 2 is 2.15 bits per heavy atom. The van der Waals surface area contributed by atoms with Crippen LogP contribution in [0.15, 0.2) is 27.4 Å². The zero-order chi connectivity index (χ0) is 19.4. The number of hydrogen-bond acceptors (Lipinski definition) is 7. The number of amides is 2. The SMILES string of the molecule is COc1cc(C)c(Sc2cnc(N)s2)cc1C(=O)N1CCCN(C=O)CC1. The van der Waals surface area contributed by atoms with Crippen molar-refractivity contribution in [3.8, 4) is 5.75 Å². The van der Waals surface area contributed by atoms with E-state index in [4.69, 9.17) is 10.5 Å². The van der Waals surface area contributed by atoms with Crippen molar-refractivity contribution in [2.45, 2.75) is 22.4 Å². The first-order valence-electron chi connectivity index (χ1n) is 8.58. The number of hydrogen-bond donors (Lipinski definition) is 1. The Morgan fingerprint density at radius 3 is 2.81 bits per heavy atom. The minimum absolute atomic E-state index is 0.0785. The van der Waals surface area contributed by atoms with Gasteiger partial charge in [0, 0.05) is 31.1 Å². The van der Waals surface area contributed by atoms with Crippen LogP contribution in [0.25, 0.3) is 0 Å². The lowest BCUT2D eigenvalue weighted by molar-refractivity contribution is -0.118. The van der Waals surface area contributed by atoms with Gasteiger partial charge in [-0.15, -0.1) is 0 Å². The summed E-state index contributed by atoms with van der Waals surface area (Å²) in [5, 5.41) is 0.518. The first-order chi connectivity index (χ1) is 13.0. The van der Waals surface area contributed by atoms with E-state index in [2.05, 4.69) is 4.98 Å². The maximum Gasteiger partial charge on any atom is 0.257 e. The number of methoxy groups -OCH3 is 1. The van der Waals surface area contributed by atoms with E-state index in [-0.39, 0.29) is 5.91 Å². The van der Waals surface area contributed by atoms with Crippen LogP contribution in [0.5, 0.6) is 5.75 Å². The quantitative estimate of drug-likeness (QED) is 0.768. The van der Waals surface area contributed by atoms with Gasteiger partial charge in [0.15, 0.2) is 5.13 Å². The number of nitrogen functional groups attached to an aromatic ring is 1. The number of aryl methyl sites for hydroxylation is 1. The fraction of sp³-hybridized carbons (Fsp3) is 0.389. The Kier molecular flexibility index (Phi) is 6.22. The summed E-state index contributed by atoms with van der Waals surface area (Å²) in [6.45, 7) is 4.34. The predicted molar refractivity (Wildman–Crippen MR) is 107 cm³/mol. The maximum atomic E-state index is 13.1. The number of ether oxygens (including phenoxy) is 1. The van der Waals surface area contributed by atoms with Gasteiger partial charge in [0.25, 0.3) is 5.91 Å². The van der Waals surface area contributed by atoms with E-state index in [1.165, 1.54) is 23.1 Å². The topological polar surface area (TPSA) is 88.8 Å². The van der Waals surface area contributed by atoms with E-state index in [9.17, 15) is 9.59 Å². The van der Waals surface area contributed by atoms with Crippen LogP contribution in [-0.2, 0) is 4.79 Å². The normalized spacial score (nSPS) is 14.7. The number of carbonyl (C=O) groups is 2. The molecule has 1 saturated heterocycles. The summed E-state index contributed by atoms with van der Waals surface area (Å²) < 4.78 is 6.44. The summed E-state index contributed by atoms with van der Waals surface area (Å²) in [5.74, 6) is 0.479. The number of anilines is 1. The molecule has 1 fully saturated rings. The van der Waals surface area contributed by atoms with E-state index in [1.807, 2.05) is 19.1 Å². The van der Waals surface area contributed by atoms with Crippen LogP contribution >= 0.6 is 23.1 Å². The minimum atomic E-state index is -0.0785. The number of rotatable bonds is 5. The highest BCUT2D eigenvalue weighted by Gasteiger charge is 2.23. The van der Waals surface area contributed by atoms with Gasteiger partial charge in [-0.25, -0.2) is 4.98 Å². The Morgan fingerprint density at radius 1 is 1.33 bits per heavy atom. The monoisotopic (exact) mass is 406 g/mol. The van der Waals surface area contributed by atoms with Gasteiger partial charge >= 0.3 is 0 Å². The van der Waals surface area contributed by atoms with Gasteiger partial charge < -0.3 is 20.3 Å². The molecule has 0 atom stereocenters. The highest BCUT2D eigenvalue weighted by Crippen LogP contribution is 2.37. The van der Waals surface area contributed by atoms with Crippen LogP contribution in [0.3, 0.4) is 0 Å². The van der Waals surface area contributed by atoms with Crippen molar-refractivity contribution in [1.29, 1.82) is 0 Å². The molecule has 0 spiro atoms. The average Bonchev–Trinajstić information content (AvgIpc) is 2.93. The third-order valence-electron chi connectivity index (χ3n) is 4.41. The number of nitrogens with zero attached hydrogens (tertiary/aromatic N) is 3. The van der Waals surface area contributed by atoms with Crippen LogP contribution in [0.2, 0.25) is 0 Å². The lowest BCUT2D eigenvalue weighted by Crippen LogP contribution is -2.35.